The van der Waals surface area contributed by atoms with Gasteiger partial charge in [0.2, 0.25) is 5.91 Å². The highest BCUT2D eigenvalue weighted by Crippen LogP contribution is 2.59. The summed E-state index contributed by atoms with van der Waals surface area (Å²) < 4.78 is 0. The molecule has 0 aromatic heterocycles. The molecule has 0 heterocycles. The average Bonchev–Trinajstić information content (AvgIpc) is 2.79. The minimum atomic E-state index is -0.927. The Labute approximate surface area is 101 Å². The van der Waals surface area contributed by atoms with Crippen LogP contribution in [-0.4, -0.2) is 46.2 Å². The predicted octanol–water partition coefficient (Wildman–Crippen LogP) is 0.572. The van der Waals surface area contributed by atoms with Crippen LogP contribution in [0.4, 0.5) is 0 Å². The van der Waals surface area contributed by atoms with Crippen LogP contribution in [0.3, 0.4) is 0 Å². The summed E-state index contributed by atoms with van der Waals surface area (Å²) in [4.78, 5) is 24.7. The van der Waals surface area contributed by atoms with E-state index in [2.05, 4.69) is 0 Å². The summed E-state index contributed by atoms with van der Waals surface area (Å²) >= 11 is 0. The molecule has 0 bridgehead atoms. The molecule has 1 fully saturated rings. The van der Waals surface area contributed by atoms with Crippen LogP contribution in [0.5, 0.6) is 0 Å². The first-order valence-corrected chi connectivity index (χ1v) is 5.68. The molecule has 1 aliphatic carbocycles. The van der Waals surface area contributed by atoms with E-state index in [0.717, 1.165) is 0 Å². The summed E-state index contributed by atoms with van der Waals surface area (Å²) in [5, 5.41) is 18.2. The van der Waals surface area contributed by atoms with Crippen molar-refractivity contribution in [1.29, 1.82) is 0 Å². The lowest BCUT2D eigenvalue weighted by Gasteiger charge is -2.34. The highest BCUT2D eigenvalue weighted by atomic mass is 16.4. The molecule has 98 valence electrons. The van der Waals surface area contributed by atoms with Crippen LogP contribution in [0.25, 0.3) is 0 Å². The Hall–Kier alpha value is -1.10. The van der Waals surface area contributed by atoms with Gasteiger partial charge in [-0.1, -0.05) is 13.8 Å². The summed E-state index contributed by atoms with van der Waals surface area (Å²) in [5.74, 6) is -2.24. The molecule has 0 aromatic rings. The Kier molecular flexibility index (Phi) is 3.27. The fourth-order valence-electron chi connectivity index (χ4n) is 2.17. The van der Waals surface area contributed by atoms with E-state index in [0.29, 0.717) is 0 Å². The summed E-state index contributed by atoms with van der Waals surface area (Å²) in [6, 6.07) is 0. The number of carbonyl (C=O) groups is 2. The SMILES string of the molecule is CN(C(=O)[C@H]1[C@@H](C(=O)O)C1(C)C)C(C)(C)CO. The van der Waals surface area contributed by atoms with Gasteiger partial charge in [-0.25, -0.2) is 0 Å². The van der Waals surface area contributed by atoms with Gasteiger partial charge in [0.05, 0.1) is 24.0 Å². The molecular formula is C12H21NO4. The first-order chi connectivity index (χ1) is 7.57. The van der Waals surface area contributed by atoms with Crippen LogP contribution in [0, 0.1) is 17.3 Å². The molecule has 2 N–H and O–H groups in total. The van der Waals surface area contributed by atoms with E-state index >= 15 is 0 Å². The molecule has 0 unspecified atom stereocenters. The number of carboxylic acids is 1. The number of carboxylic acid groups (broad SMARTS) is 1. The van der Waals surface area contributed by atoms with Crippen molar-refractivity contribution in [2.45, 2.75) is 33.2 Å². The number of nitrogens with zero attached hydrogens (tertiary/aromatic N) is 1. The van der Waals surface area contributed by atoms with Crippen molar-refractivity contribution in [1.82, 2.24) is 4.90 Å². The third-order valence-electron chi connectivity index (χ3n) is 3.98. The van der Waals surface area contributed by atoms with Crippen molar-refractivity contribution in [3.05, 3.63) is 0 Å². The van der Waals surface area contributed by atoms with Crippen LogP contribution in [0.15, 0.2) is 0 Å². The molecule has 5 nitrogen and oxygen atoms in total. The van der Waals surface area contributed by atoms with Gasteiger partial charge in [0, 0.05) is 7.05 Å². The number of rotatable bonds is 4. The van der Waals surface area contributed by atoms with Gasteiger partial charge in [-0.2, -0.15) is 0 Å². The van der Waals surface area contributed by atoms with Gasteiger partial charge < -0.3 is 15.1 Å². The van der Waals surface area contributed by atoms with Gasteiger partial charge in [-0.15, -0.1) is 0 Å². The lowest BCUT2D eigenvalue weighted by atomic mass is 10.0. The normalized spacial score (nSPS) is 26.5. The van der Waals surface area contributed by atoms with Gasteiger partial charge in [0.15, 0.2) is 0 Å². The summed E-state index contributed by atoms with van der Waals surface area (Å²) in [7, 11) is 1.60. The van der Waals surface area contributed by atoms with Crippen LogP contribution < -0.4 is 0 Å². The quantitative estimate of drug-likeness (QED) is 0.757. The second kappa shape index (κ2) is 3.98. The van der Waals surface area contributed by atoms with Crippen molar-refractivity contribution in [2.24, 2.45) is 17.3 Å². The van der Waals surface area contributed by atoms with E-state index in [1.54, 1.807) is 34.7 Å². The molecular weight excluding hydrogens is 222 g/mol. The second-order valence-electron chi connectivity index (χ2n) is 5.98. The van der Waals surface area contributed by atoms with Crippen LogP contribution in [-0.2, 0) is 9.59 Å². The second-order valence-corrected chi connectivity index (χ2v) is 5.98. The summed E-state index contributed by atoms with van der Waals surface area (Å²) in [5.41, 5.74) is -1.17. The molecule has 0 spiro atoms. The molecule has 5 heteroatoms. The van der Waals surface area contributed by atoms with E-state index in [1.807, 2.05) is 0 Å². The van der Waals surface area contributed by atoms with Gasteiger partial charge in [0.1, 0.15) is 0 Å². The fourth-order valence-corrected chi connectivity index (χ4v) is 2.17. The van der Waals surface area contributed by atoms with E-state index in [1.165, 1.54) is 4.90 Å². The lowest BCUT2D eigenvalue weighted by molar-refractivity contribution is -0.143. The summed E-state index contributed by atoms with van der Waals surface area (Å²) in [6.07, 6.45) is 0. The zero-order chi connectivity index (χ0) is 13.6. The van der Waals surface area contributed by atoms with Gasteiger partial charge in [0.25, 0.3) is 0 Å². The molecule has 0 saturated heterocycles. The first kappa shape index (κ1) is 14.0. The average molecular weight is 243 g/mol. The van der Waals surface area contributed by atoms with Gasteiger partial charge >= 0.3 is 5.97 Å². The molecule has 17 heavy (non-hydrogen) atoms. The van der Waals surface area contributed by atoms with Gasteiger partial charge in [-0.3, -0.25) is 9.59 Å². The van der Waals surface area contributed by atoms with E-state index in [4.69, 9.17) is 5.11 Å². The largest absolute Gasteiger partial charge is 0.481 e. The minimum absolute atomic E-state index is 0.153. The number of amides is 1. The molecule has 1 rings (SSSR count). The van der Waals surface area contributed by atoms with E-state index in [9.17, 15) is 14.7 Å². The number of carbonyl (C=O) groups excluding carboxylic acids is 1. The molecule has 1 amide bonds. The van der Waals surface area contributed by atoms with Crippen molar-refractivity contribution >= 4 is 11.9 Å². The Morgan fingerprint density at radius 1 is 1.29 bits per heavy atom. The van der Waals surface area contributed by atoms with Crippen molar-refractivity contribution in [3.8, 4) is 0 Å². The van der Waals surface area contributed by atoms with Crippen molar-refractivity contribution in [2.75, 3.05) is 13.7 Å². The Morgan fingerprint density at radius 3 is 2.06 bits per heavy atom. The Bertz CT molecular complexity index is 348. The molecule has 0 radical (unpaired) electrons. The molecule has 1 saturated carbocycles. The van der Waals surface area contributed by atoms with Crippen LogP contribution in [0.1, 0.15) is 27.7 Å². The van der Waals surface area contributed by atoms with Gasteiger partial charge in [-0.05, 0) is 19.3 Å². The number of likely N-dealkylation sites (N-methyl/N-ethyl adjacent to an activating group) is 1. The number of hydrogen-bond donors (Lipinski definition) is 2. The van der Waals surface area contributed by atoms with Crippen molar-refractivity contribution in [3.63, 3.8) is 0 Å². The molecule has 0 aliphatic heterocycles. The third-order valence-corrected chi connectivity index (χ3v) is 3.98. The minimum Gasteiger partial charge on any atom is -0.481 e. The maximum atomic E-state index is 12.2. The maximum absolute atomic E-state index is 12.2. The monoisotopic (exact) mass is 243 g/mol. The molecule has 0 aromatic carbocycles. The third kappa shape index (κ3) is 2.16. The smallest absolute Gasteiger partial charge is 0.307 e. The first-order valence-electron chi connectivity index (χ1n) is 5.68. The number of aliphatic hydroxyl groups is 1. The Morgan fingerprint density at radius 2 is 1.76 bits per heavy atom. The molecule has 1 aliphatic rings. The number of hydrogen-bond acceptors (Lipinski definition) is 3. The summed E-state index contributed by atoms with van der Waals surface area (Å²) in [6.45, 7) is 6.91. The maximum Gasteiger partial charge on any atom is 0.307 e. The van der Waals surface area contributed by atoms with Crippen LogP contribution in [0.2, 0.25) is 0 Å². The lowest BCUT2D eigenvalue weighted by Crippen LogP contribution is -2.48. The zero-order valence-corrected chi connectivity index (χ0v) is 11.0. The highest BCUT2D eigenvalue weighted by Gasteiger charge is 2.66. The zero-order valence-electron chi connectivity index (χ0n) is 11.0. The topological polar surface area (TPSA) is 77.8 Å². The van der Waals surface area contributed by atoms with E-state index in [-0.39, 0.29) is 12.5 Å². The fraction of sp³-hybridized carbons (Fsp3) is 0.833. The standard InChI is InChI=1S/C12H21NO4/c1-11(2,6-14)13(5)9(15)7-8(10(16)17)12(7,3)4/h7-8,14H,6H2,1-5H3,(H,16,17)/t7-,8+/m1/s1. The predicted molar refractivity (Wildman–Crippen MR) is 62.3 cm³/mol. The highest BCUT2D eigenvalue weighted by molar-refractivity contribution is 5.91. The Balaban J connectivity index is 2.84. The van der Waals surface area contributed by atoms with E-state index < -0.39 is 28.8 Å². The van der Waals surface area contributed by atoms with Crippen molar-refractivity contribution < 1.29 is 19.8 Å². The molecule has 2 atom stereocenters. The number of aliphatic hydroxyl groups excluding tert-OH is 1. The van der Waals surface area contributed by atoms with Crippen LogP contribution >= 0.6 is 0 Å². The number of aliphatic carboxylic acids is 1.